The summed E-state index contributed by atoms with van der Waals surface area (Å²) in [7, 11) is 1.63. The number of imidazole rings is 1. The van der Waals surface area contributed by atoms with Crippen LogP contribution in [0.1, 0.15) is 10.4 Å². The summed E-state index contributed by atoms with van der Waals surface area (Å²) < 4.78 is 12.1. The van der Waals surface area contributed by atoms with E-state index in [0.717, 1.165) is 5.52 Å². The van der Waals surface area contributed by atoms with Crippen molar-refractivity contribution in [3.63, 3.8) is 0 Å². The normalized spacial score (nSPS) is 11.0. The first-order valence-electron chi connectivity index (χ1n) is 5.98. The number of ether oxygens (including phenoxy) is 2. The van der Waals surface area contributed by atoms with Crippen LogP contribution in [0.25, 0.3) is 11.0 Å². The average Bonchev–Trinajstić information content (AvgIpc) is 2.81. The molecule has 1 N–H and O–H groups in total. The number of para-hydroxylation sites is 1. The highest BCUT2D eigenvalue weighted by molar-refractivity contribution is 6.00. The molecule has 0 fully saturated rings. The number of rotatable bonds is 7. The highest BCUT2D eigenvalue weighted by Crippen LogP contribution is 2.17. The fourth-order valence-corrected chi connectivity index (χ4v) is 1.85. The number of methoxy groups -OCH3 is 1. The van der Waals surface area contributed by atoms with Crippen molar-refractivity contribution in [2.24, 2.45) is 0 Å². The zero-order valence-corrected chi connectivity index (χ0v) is 10.7. The third-order valence-corrected chi connectivity index (χ3v) is 2.79. The Bertz CT molecular complexity index is 565. The third kappa shape index (κ3) is 3.10. The quantitative estimate of drug-likeness (QED) is 0.765. The second-order valence-electron chi connectivity index (χ2n) is 4.02. The summed E-state index contributed by atoms with van der Waals surface area (Å²) in [6.45, 7) is 2.27. The number of hydrogen-bond acceptors (Lipinski definition) is 4. The summed E-state index contributed by atoms with van der Waals surface area (Å²) >= 11 is 0. The molecule has 0 aliphatic rings. The molecule has 0 amide bonds. The van der Waals surface area contributed by atoms with Crippen LogP contribution in [0.2, 0.25) is 0 Å². The van der Waals surface area contributed by atoms with Gasteiger partial charge in [-0.15, -0.1) is 0 Å². The number of aromatic nitrogens is 2. The van der Waals surface area contributed by atoms with Crippen molar-refractivity contribution in [2.45, 2.75) is 6.54 Å². The van der Waals surface area contributed by atoms with Gasteiger partial charge < -0.3 is 19.1 Å². The molecule has 2 rings (SSSR count). The first-order valence-corrected chi connectivity index (χ1v) is 5.98. The van der Waals surface area contributed by atoms with Crippen molar-refractivity contribution in [3.8, 4) is 0 Å². The van der Waals surface area contributed by atoms with Crippen LogP contribution in [-0.2, 0) is 16.0 Å². The molecule has 6 heteroatoms. The molecule has 0 radical (unpaired) electrons. The lowest BCUT2D eigenvalue weighted by molar-refractivity contribution is 0.0669. The molecule has 0 atom stereocenters. The van der Waals surface area contributed by atoms with Crippen LogP contribution in [0.3, 0.4) is 0 Å². The Hall–Kier alpha value is -1.92. The number of hydrogen-bond donors (Lipinski definition) is 1. The third-order valence-electron chi connectivity index (χ3n) is 2.79. The molecule has 0 aliphatic carbocycles. The molecule has 19 heavy (non-hydrogen) atoms. The molecule has 102 valence electrons. The standard InChI is InChI=1S/C13H16N2O4/c1-18-7-8-19-6-5-15-9-14-12-10(13(16)17)3-2-4-11(12)15/h2-4,9H,5-8H2,1H3,(H,16,17). The van der Waals surface area contributed by atoms with Gasteiger partial charge in [0, 0.05) is 13.7 Å². The van der Waals surface area contributed by atoms with Crippen LogP contribution < -0.4 is 0 Å². The Morgan fingerprint density at radius 3 is 2.95 bits per heavy atom. The van der Waals surface area contributed by atoms with Crippen molar-refractivity contribution in [1.29, 1.82) is 0 Å². The summed E-state index contributed by atoms with van der Waals surface area (Å²) in [5.41, 5.74) is 1.53. The molecule has 0 saturated heterocycles. The monoisotopic (exact) mass is 264 g/mol. The Morgan fingerprint density at radius 1 is 1.37 bits per heavy atom. The molecule has 0 unspecified atom stereocenters. The smallest absolute Gasteiger partial charge is 0.337 e. The number of nitrogens with zero attached hydrogens (tertiary/aromatic N) is 2. The number of benzene rings is 1. The van der Waals surface area contributed by atoms with E-state index in [1.807, 2.05) is 10.6 Å². The van der Waals surface area contributed by atoms with E-state index in [4.69, 9.17) is 14.6 Å². The molecular formula is C13H16N2O4. The van der Waals surface area contributed by atoms with Crippen LogP contribution >= 0.6 is 0 Å². The minimum Gasteiger partial charge on any atom is -0.478 e. The number of fused-ring (bicyclic) bond motifs is 1. The van der Waals surface area contributed by atoms with Gasteiger partial charge in [-0.2, -0.15) is 0 Å². The van der Waals surface area contributed by atoms with Gasteiger partial charge in [0.1, 0.15) is 5.52 Å². The Morgan fingerprint density at radius 2 is 2.21 bits per heavy atom. The average molecular weight is 264 g/mol. The fourth-order valence-electron chi connectivity index (χ4n) is 1.85. The summed E-state index contributed by atoms with van der Waals surface area (Å²) in [5.74, 6) is -0.966. The summed E-state index contributed by atoms with van der Waals surface area (Å²) in [5, 5.41) is 9.08. The second kappa shape index (κ2) is 6.31. The van der Waals surface area contributed by atoms with Crippen LogP contribution in [0.4, 0.5) is 0 Å². The molecule has 0 saturated carbocycles. The van der Waals surface area contributed by atoms with Gasteiger partial charge in [0.05, 0.1) is 37.2 Å². The Kier molecular flexibility index (Phi) is 4.48. The maximum atomic E-state index is 11.1. The number of carboxylic acids is 1. The van der Waals surface area contributed by atoms with Crippen LogP contribution in [-0.4, -0.2) is 47.6 Å². The molecular weight excluding hydrogens is 248 g/mol. The van der Waals surface area contributed by atoms with Crippen molar-refractivity contribution < 1.29 is 19.4 Å². The first-order chi connectivity index (χ1) is 9.24. The summed E-state index contributed by atoms with van der Waals surface area (Å²) in [6, 6.07) is 5.12. The van der Waals surface area contributed by atoms with Gasteiger partial charge in [-0.1, -0.05) is 6.07 Å². The highest BCUT2D eigenvalue weighted by Gasteiger charge is 2.11. The van der Waals surface area contributed by atoms with Gasteiger partial charge >= 0.3 is 5.97 Å². The molecule has 6 nitrogen and oxygen atoms in total. The summed E-state index contributed by atoms with van der Waals surface area (Å²) in [6.07, 6.45) is 1.64. The van der Waals surface area contributed by atoms with Gasteiger partial charge in [-0.3, -0.25) is 0 Å². The zero-order valence-electron chi connectivity index (χ0n) is 10.7. The maximum absolute atomic E-state index is 11.1. The Balaban J connectivity index is 2.08. The number of aromatic carboxylic acids is 1. The van der Waals surface area contributed by atoms with Crippen molar-refractivity contribution in [2.75, 3.05) is 26.9 Å². The van der Waals surface area contributed by atoms with Gasteiger partial charge in [-0.25, -0.2) is 9.78 Å². The van der Waals surface area contributed by atoms with E-state index in [1.165, 1.54) is 0 Å². The topological polar surface area (TPSA) is 73.6 Å². The second-order valence-corrected chi connectivity index (χ2v) is 4.02. The van der Waals surface area contributed by atoms with E-state index in [9.17, 15) is 4.79 Å². The largest absolute Gasteiger partial charge is 0.478 e. The predicted octanol–water partition coefficient (Wildman–Crippen LogP) is 1.40. The lowest BCUT2D eigenvalue weighted by atomic mass is 10.2. The first kappa shape index (κ1) is 13.5. The van der Waals surface area contributed by atoms with E-state index in [-0.39, 0.29) is 5.56 Å². The molecule has 0 spiro atoms. The molecule has 1 aromatic heterocycles. The zero-order chi connectivity index (χ0) is 13.7. The number of carbonyl (C=O) groups is 1. The van der Waals surface area contributed by atoms with E-state index in [0.29, 0.717) is 31.9 Å². The predicted molar refractivity (Wildman–Crippen MR) is 69.4 cm³/mol. The highest BCUT2D eigenvalue weighted by atomic mass is 16.5. The summed E-state index contributed by atoms with van der Waals surface area (Å²) in [4.78, 5) is 15.2. The van der Waals surface area contributed by atoms with Crippen molar-refractivity contribution >= 4 is 17.0 Å². The lowest BCUT2D eigenvalue weighted by Gasteiger charge is -2.06. The minimum atomic E-state index is -0.966. The molecule has 1 heterocycles. The molecule has 0 bridgehead atoms. The molecule has 0 aliphatic heterocycles. The fraction of sp³-hybridized carbons (Fsp3) is 0.385. The molecule has 2 aromatic rings. The van der Waals surface area contributed by atoms with Gasteiger partial charge in [0.2, 0.25) is 0 Å². The maximum Gasteiger partial charge on any atom is 0.337 e. The van der Waals surface area contributed by atoms with E-state index in [1.54, 1.807) is 25.6 Å². The van der Waals surface area contributed by atoms with Gasteiger partial charge in [0.25, 0.3) is 0 Å². The van der Waals surface area contributed by atoms with Crippen LogP contribution in [0.15, 0.2) is 24.5 Å². The number of carboxylic acid groups (broad SMARTS) is 1. The van der Waals surface area contributed by atoms with E-state index < -0.39 is 5.97 Å². The van der Waals surface area contributed by atoms with Crippen molar-refractivity contribution in [3.05, 3.63) is 30.1 Å². The molecule has 1 aromatic carbocycles. The van der Waals surface area contributed by atoms with E-state index >= 15 is 0 Å². The lowest BCUT2D eigenvalue weighted by Crippen LogP contribution is -2.08. The Labute approximate surface area is 110 Å². The van der Waals surface area contributed by atoms with Gasteiger partial charge in [-0.05, 0) is 12.1 Å². The van der Waals surface area contributed by atoms with Crippen LogP contribution in [0.5, 0.6) is 0 Å². The minimum absolute atomic E-state index is 0.219. The van der Waals surface area contributed by atoms with Crippen LogP contribution in [0, 0.1) is 0 Å². The van der Waals surface area contributed by atoms with E-state index in [2.05, 4.69) is 4.98 Å². The van der Waals surface area contributed by atoms with Gasteiger partial charge in [0.15, 0.2) is 0 Å². The SMILES string of the molecule is COCCOCCn1cnc2c(C(=O)O)cccc21. The van der Waals surface area contributed by atoms with Crippen molar-refractivity contribution in [1.82, 2.24) is 9.55 Å².